The van der Waals surface area contributed by atoms with Crippen LogP contribution in [0.25, 0.3) is 0 Å². The van der Waals surface area contributed by atoms with Crippen molar-refractivity contribution in [3.05, 3.63) is 29.3 Å². The van der Waals surface area contributed by atoms with Gasteiger partial charge in [0.25, 0.3) is 5.91 Å². The molecule has 4 N–H and O–H groups in total. The molecule has 2 fully saturated rings. The van der Waals surface area contributed by atoms with Gasteiger partial charge in [-0.05, 0) is 68.8 Å². The predicted octanol–water partition coefficient (Wildman–Crippen LogP) is 2.98. The molecular weight excluding hydrogens is 314 g/mol. The minimum Gasteiger partial charge on any atom is -0.349 e. The largest absolute Gasteiger partial charge is 0.349 e. The van der Waals surface area contributed by atoms with Crippen molar-refractivity contribution in [2.24, 2.45) is 17.6 Å². The summed E-state index contributed by atoms with van der Waals surface area (Å²) in [7, 11) is 0. The maximum atomic E-state index is 12.5. The van der Waals surface area contributed by atoms with Crippen molar-refractivity contribution in [1.82, 2.24) is 5.32 Å². The standard InChI is InChI=1S/C20H29N3O2/c1-13-11-14(19(24)22-16-6-2-3-7-16)9-10-18(13)23-20(25)17-8-4-5-15(17)12-21/h9-11,15-17H,2-8,12,21H2,1H3,(H,22,24)(H,23,25)/t15-,17-/m1/s1. The van der Waals surface area contributed by atoms with E-state index in [9.17, 15) is 9.59 Å². The van der Waals surface area contributed by atoms with Crippen LogP contribution in [0.1, 0.15) is 60.9 Å². The van der Waals surface area contributed by atoms with E-state index in [2.05, 4.69) is 10.6 Å². The zero-order chi connectivity index (χ0) is 17.8. The topological polar surface area (TPSA) is 84.2 Å². The van der Waals surface area contributed by atoms with Crippen LogP contribution in [0.5, 0.6) is 0 Å². The molecule has 0 unspecified atom stereocenters. The number of rotatable bonds is 5. The molecule has 2 aliphatic carbocycles. The van der Waals surface area contributed by atoms with Gasteiger partial charge >= 0.3 is 0 Å². The van der Waals surface area contributed by atoms with Crippen molar-refractivity contribution in [3.63, 3.8) is 0 Å². The Kier molecular flexibility index (Phi) is 5.74. The molecule has 0 aliphatic heterocycles. The molecule has 2 atom stereocenters. The van der Waals surface area contributed by atoms with E-state index in [0.29, 0.717) is 18.2 Å². The smallest absolute Gasteiger partial charge is 0.251 e. The molecule has 2 saturated carbocycles. The third kappa shape index (κ3) is 4.21. The van der Waals surface area contributed by atoms with Gasteiger partial charge in [-0.25, -0.2) is 0 Å². The molecule has 136 valence electrons. The predicted molar refractivity (Wildman–Crippen MR) is 99.4 cm³/mol. The van der Waals surface area contributed by atoms with Crippen LogP contribution >= 0.6 is 0 Å². The zero-order valence-corrected chi connectivity index (χ0v) is 15.0. The molecule has 5 nitrogen and oxygen atoms in total. The van der Waals surface area contributed by atoms with Crippen molar-refractivity contribution in [2.75, 3.05) is 11.9 Å². The molecule has 0 bridgehead atoms. The lowest BCUT2D eigenvalue weighted by Gasteiger charge is -2.18. The van der Waals surface area contributed by atoms with Crippen molar-refractivity contribution >= 4 is 17.5 Å². The summed E-state index contributed by atoms with van der Waals surface area (Å²) in [6.45, 7) is 2.49. The van der Waals surface area contributed by atoms with Crippen LogP contribution in [0.3, 0.4) is 0 Å². The fourth-order valence-electron chi connectivity index (χ4n) is 4.17. The second-order valence-electron chi connectivity index (χ2n) is 7.51. The number of anilines is 1. The molecule has 0 radical (unpaired) electrons. The van der Waals surface area contributed by atoms with Gasteiger partial charge in [-0.2, -0.15) is 0 Å². The zero-order valence-electron chi connectivity index (χ0n) is 15.0. The molecule has 0 aromatic heterocycles. The normalized spacial score (nSPS) is 23.6. The fraction of sp³-hybridized carbons (Fsp3) is 0.600. The van der Waals surface area contributed by atoms with Crippen molar-refractivity contribution in [3.8, 4) is 0 Å². The molecule has 25 heavy (non-hydrogen) atoms. The Balaban J connectivity index is 1.63. The SMILES string of the molecule is Cc1cc(C(=O)NC2CCCC2)ccc1NC(=O)[C@@H]1CCC[C@@H]1CN. The van der Waals surface area contributed by atoms with Crippen LogP contribution in [-0.2, 0) is 4.79 Å². The first kappa shape index (κ1) is 17.9. The first-order valence-corrected chi connectivity index (χ1v) is 9.51. The minimum atomic E-state index is -0.0214. The van der Waals surface area contributed by atoms with Crippen molar-refractivity contribution in [1.29, 1.82) is 0 Å². The van der Waals surface area contributed by atoms with Gasteiger partial charge in [0.05, 0.1) is 0 Å². The van der Waals surface area contributed by atoms with E-state index in [-0.39, 0.29) is 23.7 Å². The van der Waals surface area contributed by atoms with Gasteiger partial charge < -0.3 is 16.4 Å². The Bertz CT molecular complexity index is 638. The van der Waals surface area contributed by atoms with E-state index in [4.69, 9.17) is 5.73 Å². The lowest BCUT2D eigenvalue weighted by molar-refractivity contribution is -0.120. The lowest BCUT2D eigenvalue weighted by Crippen LogP contribution is -2.32. The molecule has 1 aromatic carbocycles. The molecule has 3 rings (SSSR count). The first-order chi connectivity index (χ1) is 12.1. The van der Waals surface area contributed by atoms with Gasteiger partial charge in [0, 0.05) is 23.2 Å². The molecule has 1 aromatic rings. The number of hydrogen-bond donors (Lipinski definition) is 3. The highest BCUT2D eigenvalue weighted by Crippen LogP contribution is 2.32. The number of amides is 2. The van der Waals surface area contributed by atoms with E-state index >= 15 is 0 Å². The molecule has 0 saturated heterocycles. The maximum Gasteiger partial charge on any atom is 0.251 e. The van der Waals surface area contributed by atoms with Crippen LogP contribution in [-0.4, -0.2) is 24.4 Å². The quantitative estimate of drug-likeness (QED) is 0.768. The third-order valence-corrected chi connectivity index (χ3v) is 5.74. The minimum absolute atomic E-state index is 0.00902. The Morgan fingerprint density at radius 2 is 1.88 bits per heavy atom. The summed E-state index contributed by atoms with van der Waals surface area (Å²) >= 11 is 0. The second kappa shape index (κ2) is 8.00. The lowest BCUT2D eigenvalue weighted by atomic mass is 9.95. The highest BCUT2D eigenvalue weighted by molar-refractivity contribution is 5.97. The Labute approximate surface area is 149 Å². The summed E-state index contributed by atoms with van der Waals surface area (Å²) in [4.78, 5) is 24.9. The average Bonchev–Trinajstić information content (AvgIpc) is 3.27. The van der Waals surface area contributed by atoms with Gasteiger partial charge in [0.2, 0.25) is 5.91 Å². The molecular formula is C20H29N3O2. The van der Waals surface area contributed by atoms with Gasteiger partial charge in [-0.1, -0.05) is 19.3 Å². The monoisotopic (exact) mass is 343 g/mol. The summed E-state index contributed by atoms with van der Waals surface area (Å²) in [5.74, 6) is 0.331. The van der Waals surface area contributed by atoms with Crippen LogP contribution < -0.4 is 16.4 Å². The molecule has 2 amide bonds. The molecule has 5 heteroatoms. The maximum absolute atomic E-state index is 12.5. The van der Waals surface area contributed by atoms with E-state index in [1.54, 1.807) is 6.07 Å². The van der Waals surface area contributed by atoms with Crippen LogP contribution in [0.4, 0.5) is 5.69 Å². The molecule has 0 heterocycles. The highest BCUT2D eigenvalue weighted by Gasteiger charge is 2.32. The van der Waals surface area contributed by atoms with Crippen LogP contribution in [0.2, 0.25) is 0 Å². The number of nitrogens with one attached hydrogen (secondary N) is 2. The van der Waals surface area contributed by atoms with Gasteiger partial charge in [0.15, 0.2) is 0 Å². The number of carbonyl (C=O) groups excluding carboxylic acids is 2. The van der Waals surface area contributed by atoms with Gasteiger partial charge in [-0.3, -0.25) is 9.59 Å². The van der Waals surface area contributed by atoms with Gasteiger partial charge in [-0.15, -0.1) is 0 Å². The summed E-state index contributed by atoms with van der Waals surface area (Å²) in [5, 5.41) is 6.13. The summed E-state index contributed by atoms with van der Waals surface area (Å²) in [6, 6.07) is 5.79. The van der Waals surface area contributed by atoms with Crippen molar-refractivity contribution in [2.45, 2.75) is 57.9 Å². The summed E-state index contributed by atoms with van der Waals surface area (Å²) in [6.07, 6.45) is 7.55. The van der Waals surface area contributed by atoms with E-state index in [1.165, 1.54) is 12.8 Å². The number of nitrogens with two attached hydrogens (primary N) is 1. The van der Waals surface area contributed by atoms with Crippen molar-refractivity contribution < 1.29 is 9.59 Å². The van der Waals surface area contributed by atoms with E-state index in [1.807, 2.05) is 19.1 Å². The summed E-state index contributed by atoms with van der Waals surface area (Å²) in [5.41, 5.74) is 8.13. The third-order valence-electron chi connectivity index (χ3n) is 5.74. The highest BCUT2D eigenvalue weighted by atomic mass is 16.2. The van der Waals surface area contributed by atoms with E-state index < -0.39 is 0 Å². The van der Waals surface area contributed by atoms with Gasteiger partial charge in [0.1, 0.15) is 0 Å². The fourth-order valence-corrected chi connectivity index (χ4v) is 4.17. The Morgan fingerprint density at radius 3 is 2.56 bits per heavy atom. The Morgan fingerprint density at radius 1 is 1.12 bits per heavy atom. The number of aryl methyl sites for hydroxylation is 1. The van der Waals surface area contributed by atoms with Crippen LogP contribution in [0, 0.1) is 18.8 Å². The number of hydrogen-bond acceptors (Lipinski definition) is 3. The Hall–Kier alpha value is -1.88. The first-order valence-electron chi connectivity index (χ1n) is 9.51. The number of benzene rings is 1. The molecule has 0 spiro atoms. The second-order valence-corrected chi connectivity index (χ2v) is 7.51. The average molecular weight is 343 g/mol. The van der Waals surface area contributed by atoms with Crippen LogP contribution in [0.15, 0.2) is 18.2 Å². The summed E-state index contributed by atoms with van der Waals surface area (Å²) < 4.78 is 0. The molecule has 2 aliphatic rings. The number of carbonyl (C=O) groups is 2. The van der Waals surface area contributed by atoms with E-state index in [0.717, 1.165) is 43.4 Å².